The van der Waals surface area contributed by atoms with Crippen LogP contribution in [0.1, 0.15) is 6.92 Å². The molecule has 0 aromatic heterocycles. The molecule has 0 fully saturated rings. The minimum Gasteiger partial charge on any atom is -0.492 e. The minimum absolute atomic E-state index is 0.0637. The van der Waals surface area contributed by atoms with Gasteiger partial charge in [0.15, 0.2) is 0 Å². The number of hydrogen-bond acceptors (Lipinski definition) is 4. The molecule has 1 unspecified atom stereocenters. The van der Waals surface area contributed by atoms with Crippen molar-refractivity contribution in [3.8, 4) is 5.75 Å². The van der Waals surface area contributed by atoms with Crippen LogP contribution in [0.2, 0.25) is 0 Å². The molecule has 144 valence electrons. The second kappa shape index (κ2) is 10.6. The Bertz CT molecular complexity index is 741. The molecule has 0 aliphatic rings. The van der Waals surface area contributed by atoms with Crippen molar-refractivity contribution in [2.75, 3.05) is 31.3 Å². The number of likely N-dealkylation sites (N-methyl/N-ethyl adjacent to an activating group) is 1. The summed E-state index contributed by atoms with van der Waals surface area (Å²) in [6.45, 7) is 2.63. The zero-order valence-corrected chi connectivity index (χ0v) is 16.2. The van der Waals surface area contributed by atoms with Crippen molar-refractivity contribution in [3.63, 3.8) is 0 Å². The van der Waals surface area contributed by atoms with Crippen molar-refractivity contribution < 1.29 is 18.7 Å². The summed E-state index contributed by atoms with van der Waals surface area (Å²) >= 11 is 1.26. The molecular formula is C20H23FN2O3S. The number of ether oxygens (including phenoxy) is 1. The zero-order valence-electron chi connectivity index (χ0n) is 15.4. The van der Waals surface area contributed by atoms with Gasteiger partial charge in [0.2, 0.25) is 11.8 Å². The second-order valence-corrected chi connectivity index (χ2v) is 7.26. The lowest BCUT2D eigenvalue weighted by Crippen LogP contribution is -2.36. The maximum atomic E-state index is 12.9. The average Bonchev–Trinajstić information content (AvgIpc) is 2.68. The smallest absolute Gasteiger partial charge is 0.235 e. The molecule has 0 aliphatic carbocycles. The van der Waals surface area contributed by atoms with Crippen molar-refractivity contribution in [1.29, 1.82) is 0 Å². The lowest BCUT2D eigenvalue weighted by atomic mass is 10.3. The van der Waals surface area contributed by atoms with E-state index in [1.165, 1.54) is 36.0 Å². The first-order valence-corrected chi connectivity index (χ1v) is 9.60. The van der Waals surface area contributed by atoms with E-state index in [4.69, 9.17) is 4.74 Å². The number of halogens is 1. The van der Waals surface area contributed by atoms with Crippen LogP contribution in [-0.4, -0.2) is 47.9 Å². The molecule has 0 saturated carbocycles. The summed E-state index contributed by atoms with van der Waals surface area (Å²) in [6.07, 6.45) is 0. The highest BCUT2D eigenvalue weighted by Crippen LogP contribution is 2.15. The Balaban J connectivity index is 1.69. The molecule has 0 spiro atoms. The third-order valence-corrected chi connectivity index (χ3v) is 4.89. The first-order chi connectivity index (χ1) is 13.0. The number of carbonyl (C=O) groups is 2. The molecule has 0 heterocycles. The quantitative estimate of drug-likeness (QED) is 0.713. The number of hydrogen-bond donors (Lipinski definition) is 1. The molecule has 2 rings (SSSR count). The Labute approximate surface area is 162 Å². The molecular weight excluding hydrogens is 367 g/mol. The van der Waals surface area contributed by atoms with Crippen LogP contribution in [0, 0.1) is 5.82 Å². The van der Waals surface area contributed by atoms with Gasteiger partial charge in [-0.1, -0.05) is 18.2 Å². The fourth-order valence-electron chi connectivity index (χ4n) is 2.24. The molecule has 27 heavy (non-hydrogen) atoms. The van der Waals surface area contributed by atoms with Crippen LogP contribution in [0.25, 0.3) is 0 Å². The molecule has 2 aromatic rings. The Morgan fingerprint density at radius 1 is 1.15 bits per heavy atom. The number of thioether (sulfide) groups is 1. The van der Waals surface area contributed by atoms with Gasteiger partial charge >= 0.3 is 0 Å². The number of nitrogens with zero attached hydrogens (tertiary/aromatic N) is 1. The van der Waals surface area contributed by atoms with E-state index in [2.05, 4.69) is 5.32 Å². The first-order valence-electron chi connectivity index (χ1n) is 8.55. The van der Waals surface area contributed by atoms with E-state index in [-0.39, 0.29) is 28.6 Å². The van der Waals surface area contributed by atoms with Crippen LogP contribution in [0.4, 0.5) is 10.1 Å². The van der Waals surface area contributed by atoms with E-state index in [1.54, 1.807) is 18.9 Å². The van der Waals surface area contributed by atoms with Crippen molar-refractivity contribution >= 4 is 29.3 Å². The molecule has 0 radical (unpaired) electrons. The van der Waals surface area contributed by atoms with Crippen LogP contribution >= 0.6 is 11.8 Å². The van der Waals surface area contributed by atoms with E-state index < -0.39 is 0 Å². The highest BCUT2D eigenvalue weighted by atomic mass is 32.2. The molecule has 2 aromatic carbocycles. The fourth-order valence-corrected chi connectivity index (χ4v) is 3.04. The van der Waals surface area contributed by atoms with Gasteiger partial charge in [0, 0.05) is 12.7 Å². The summed E-state index contributed by atoms with van der Waals surface area (Å²) in [5.74, 6) is 0.241. The van der Waals surface area contributed by atoms with Gasteiger partial charge in [0.05, 0.1) is 17.5 Å². The van der Waals surface area contributed by atoms with Crippen LogP contribution in [-0.2, 0) is 9.59 Å². The Hall–Kier alpha value is -2.54. The van der Waals surface area contributed by atoms with Crippen molar-refractivity contribution in [2.45, 2.75) is 12.2 Å². The number of nitrogens with one attached hydrogen (secondary N) is 1. The highest BCUT2D eigenvalue weighted by Gasteiger charge is 2.19. The maximum Gasteiger partial charge on any atom is 0.235 e. The number of anilines is 1. The first kappa shape index (κ1) is 20.8. The van der Waals surface area contributed by atoms with E-state index in [0.29, 0.717) is 18.8 Å². The molecule has 5 nitrogen and oxygen atoms in total. The summed E-state index contributed by atoms with van der Waals surface area (Å²) in [5.41, 5.74) is 0.524. The maximum absolute atomic E-state index is 12.9. The van der Waals surface area contributed by atoms with Crippen LogP contribution in [0.3, 0.4) is 0 Å². The van der Waals surface area contributed by atoms with Crippen LogP contribution < -0.4 is 10.1 Å². The van der Waals surface area contributed by atoms with Gasteiger partial charge in [-0.05, 0) is 43.3 Å². The fraction of sp³-hybridized carbons (Fsp3) is 0.300. The van der Waals surface area contributed by atoms with Gasteiger partial charge < -0.3 is 15.0 Å². The summed E-state index contributed by atoms with van der Waals surface area (Å²) in [6, 6.07) is 15.0. The van der Waals surface area contributed by atoms with Gasteiger partial charge in [0.1, 0.15) is 18.2 Å². The Morgan fingerprint density at radius 3 is 2.48 bits per heavy atom. The van der Waals surface area contributed by atoms with Gasteiger partial charge in [-0.15, -0.1) is 11.8 Å². The van der Waals surface area contributed by atoms with E-state index in [1.807, 2.05) is 30.3 Å². The Kier molecular flexibility index (Phi) is 8.13. The molecule has 0 bridgehead atoms. The van der Waals surface area contributed by atoms with Gasteiger partial charge in [-0.2, -0.15) is 0 Å². The standard InChI is InChI=1S/C20H23FN2O3S/c1-15(27-14-19(24)22-17-10-8-16(21)9-11-17)20(25)23(2)12-13-26-18-6-4-3-5-7-18/h3-11,15H,12-14H2,1-2H3,(H,22,24). The van der Waals surface area contributed by atoms with Crippen LogP contribution in [0.5, 0.6) is 5.75 Å². The lowest BCUT2D eigenvalue weighted by Gasteiger charge is -2.21. The molecule has 0 aliphatic heterocycles. The lowest BCUT2D eigenvalue weighted by molar-refractivity contribution is -0.129. The summed E-state index contributed by atoms with van der Waals surface area (Å²) < 4.78 is 18.4. The number of benzene rings is 2. The normalized spacial score (nSPS) is 11.5. The third kappa shape index (κ3) is 7.30. The van der Waals surface area contributed by atoms with Gasteiger partial charge in [-0.25, -0.2) is 4.39 Å². The SMILES string of the molecule is CC(SCC(=O)Nc1ccc(F)cc1)C(=O)N(C)CCOc1ccccc1. The van der Waals surface area contributed by atoms with Crippen molar-refractivity contribution in [3.05, 3.63) is 60.4 Å². The predicted molar refractivity (Wildman–Crippen MR) is 107 cm³/mol. The summed E-state index contributed by atoms with van der Waals surface area (Å²) in [5, 5.41) is 2.32. The minimum atomic E-state index is -0.360. The largest absolute Gasteiger partial charge is 0.492 e. The number of carbonyl (C=O) groups excluding carboxylic acids is 2. The number of rotatable bonds is 9. The highest BCUT2D eigenvalue weighted by molar-refractivity contribution is 8.01. The van der Waals surface area contributed by atoms with E-state index >= 15 is 0 Å². The third-order valence-electron chi connectivity index (χ3n) is 3.76. The van der Waals surface area contributed by atoms with E-state index in [0.717, 1.165) is 5.75 Å². The molecule has 7 heteroatoms. The Morgan fingerprint density at radius 2 is 1.81 bits per heavy atom. The van der Waals surface area contributed by atoms with Crippen molar-refractivity contribution in [2.24, 2.45) is 0 Å². The monoisotopic (exact) mass is 390 g/mol. The van der Waals surface area contributed by atoms with Crippen molar-refractivity contribution in [1.82, 2.24) is 4.90 Å². The average molecular weight is 390 g/mol. The van der Waals surface area contributed by atoms with Gasteiger partial charge in [0.25, 0.3) is 0 Å². The molecule has 0 saturated heterocycles. The molecule has 1 atom stereocenters. The summed E-state index contributed by atoms with van der Waals surface area (Å²) in [7, 11) is 1.71. The topological polar surface area (TPSA) is 58.6 Å². The van der Waals surface area contributed by atoms with E-state index in [9.17, 15) is 14.0 Å². The molecule has 1 N–H and O–H groups in total. The number of amides is 2. The predicted octanol–water partition coefficient (Wildman–Crippen LogP) is 3.42. The molecule has 2 amide bonds. The van der Waals surface area contributed by atoms with Gasteiger partial charge in [-0.3, -0.25) is 9.59 Å². The summed E-state index contributed by atoms with van der Waals surface area (Å²) in [4.78, 5) is 25.9. The van der Waals surface area contributed by atoms with Crippen LogP contribution in [0.15, 0.2) is 54.6 Å². The second-order valence-electron chi connectivity index (χ2n) is 5.93. The zero-order chi connectivity index (χ0) is 19.6. The number of para-hydroxylation sites is 1.